The molecule has 1 aliphatic heterocycles. The lowest BCUT2D eigenvalue weighted by Gasteiger charge is -2.24. The second-order valence-electron chi connectivity index (χ2n) is 4.13. The maximum absolute atomic E-state index is 5.69. The van der Waals surface area contributed by atoms with Crippen molar-refractivity contribution < 1.29 is 4.74 Å². The maximum atomic E-state index is 5.69. The largest absolute Gasteiger partial charge is 0.377 e. The molecule has 0 aromatic carbocycles. The van der Waals surface area contributed by atoms with Gasteiger partial charge in [-0.15, -0.1) is 11.3 Å². The second kappa shape index (κ2) is 5.64. The molecular formula is C12H19NOS. The molecule has 0 saturated carbocycles. The Kier molecular flexibility index (Phi) is 4.18. The second-order valence-corrected chi connectivity index (χ2v) is 5.11. The van der Waals surface area contributed by atoms with Gasteiger partial charge in [0.2, 0.25) is 0 Å². The molecule has 1 fully saturated rings. The van der Waals surface area contributed by atoms with Gasteiger partial charge in [0.25, 0.3) is 0 Å². The number of ether oxygens (including phenoxy) is 1. The van der Waals surface area contributed by atoms with Crippen molar-refractivity contribution in [3.63, 3.8) is 0 Å². The first-order valence-electron chi connectivity index (χ1n) is 5.74. The summed E-state index contributed by atoms with van der Waals surface area (Å²) < 4.78 is 5.69. The van der Waals surface area contributed by atoms with Crippen molar-refractivity contribution in [3.05, 3.63) is 22.4 Å². The summed E-state index contributed by atoms with van der Waals surface area (Å²) in [6.07, 6.45) is 4.20. The third kappa shape index (κ3) is 3.30. The quantitative estimate of drug-likeness (QED) is 0.850. The van der Waals surface area contributed by atoms with Gasteiger partial charge >= 0.3 is 0 Å². The van der Waals surface area contributed by atoms with Crippen LogP contribution in [0.15, 0.2) is 17.5 Å². The normalized spacial score (nSPS) is 23.9. The Labute approximate surface area is 95.6 Å². The molecule has 1 saturated heterocycles. The molecule has 84 valence electrons. The van der Waals surface area contributed by atoms with Gasteiger partial charge in [-0.25, -0.2) is 0 Å². The fourth-order valence-corrected chi connectivity index (χ4v) is 2.67. The molecule has 0 radical (unpaired) electrons. The van der Waals surface area contributed by atoms with E-state index in [1.54, 1.807) is 0 Å². The van der Waals surface area contributed by atoms with E-state index in [1.807, 2.05) is 11.3 Å². The van der Waals surface area contributed by atoms with Crippen molar-refractivity contribution in [1.82, 2.24) is 5.32 Å². The fourth-order valence-electron chi connectivity index (χ4n) is 1.91. The van der Waals surface area contributed by atoms with Crippen LogP contribution >= 0.6 is 11.3 Å². The summed E-state index contributed by atoms with van der Waals surface area (Å²) in [4.78, 5) is 1.41. The summed E-state index contributed by atoms with van der Waals surface area (Å²) in [6, 6.07) is 4.75. The summed E-state index contributed by atoms with van der Waals surface area (Å²) in [5.41, 5.74) is 0. The van der Waals surface area contributed by atoms with Crippen LogP contribution in [-0.2, 0) is 4.74 Å². The van der Waals surface area contributed by atoms with Crippen molar-refractivity contribution in [3.8, 4) is 0 Å². The van der Waals surface area contributed by atoms with E-state index in [4.69, 9.17) is 4.74 Å². The van der Waals surface area contributed by atoms with Crippen molar-refractivity contribution in [2.24, 2.45) is 0 Å². The summed E-state index contributed by atoms with van der Waals surface area (Å²) >= 11 is 1.81. The fraction of sp³-hybridized carbons (Fsp3) is 0.667. The zero-order valence-electron chi connectivity index (χ0n) is 9.24. The predicted octanol–water partition coefficient (Wildman–Crippen LogP) is 2.97. The van der Waals surface area contributed by atoms with Gasteiger partial charge < -0.3 is 10.1 Å². The van der Waals surface area contributed by atoms with Crippen LogP contribution in [0.3, 0.4) is 0 Å². The van der Waals surface area contributed by atoms with Crippen molar-refractivity contribution in [2.75, 3.05) is 13.2 Å². The Morgan fingerprint density at radius 1 is 1.60 bits per heavy atom. The van der Waals surface area contributed by atoms with Crippen molar-refractivity contribution >= 4 is 11.3 Å². The Morgan fingerprint density at radius 3 is 3.20 bits per heavy atom. The van der Waals surface area contributed by atoms with E-state index < -0.39 is 0 Å². The van der Waals surface area contributed by atoms with Crippen LogP contribution in [0.25, 0.3) is 0 Å². The first-order valence-corrected chi connectivity index (χ1v) is 6.62. The van der Waals surface area contributed by atoms with E-state index >= 15 is 0 Å². The van der Waals surface area contributed by atoms with Gasteiger partial charge in [0.15, 0.2) is 0 Å². The number of thiophene rings is 1. The van der Waals surface area contributed by atoms with E-state index in [0.717, 1.165) is 13.2 Å². The zero-order valence-corrected chi connectivity index (χ0v) is 10.1. The summed E-state index contributed by atoms with van der Waals surface area (Å²) in [5, 5.41) is 5.67. The number of nitrogens with one attached hydrogen (secondary N) is 1. The molecule has 2 rings (SSSR count). The van der Waals surface area contributed by atoms with E-state index in [2.05, 4.69) is 29.8 Å². The van der Waals surface area contributed by atoms with Crippen LogP contribution in [0.2, 0.25) is 0 Å². The monoisotopic (exact) mass is 225 g/mol. The third-order valence-corrected chi connectivity index (χ3v) is 3.95. The van der Waals surface area contributed by atoms with Gasteiger partial charge in [-0.3, -0.25) is 0 Å². The van der Waals surface area contributed by atoms with E-state index in [-0.39, 0.29) is 0 Å². The number of rotatable bonds is 4. The molecule has 1 unspecified atom stereocenters. The first-order chi connectivity index (χ1) is 7.36. The van der Waals surface area contributed by atoms with Gasteiger partial charge in [-0.05, 0) is 37.6 Å². The number of hydrogen-bond acceptors (Lipinski definition) is 3. The lowest BCUT2D eigenvalue weighted by atomic mass is 10.1. The standard InChI is InChI=1S/C12H19NOS/c1-10(12-6-4-8-15-12)13-9-11-5-2-3-7-14-11/h4,6,8,10-11,13H,2-3,5,7,9H2,1H3/t10-,11?/m1/s1. The highest BCUT2D eigenvalue weighted by Gasteiger charge is 2.15. The molecule has 0 amide bonds. The molecule has 2 nitrogen and oxygen atoms in total. The SMILES string of the molecule is C[C@@H](NCC1CCCCO1)c1cccs1. The minimum absolute atomic E-state index is 0.432. The molecule has 1 N–H and O–H groups in total. The minimum atomic E-state index is 0.432. The highest BCUT2D eigenvalue weighted by Crippen LogP contribution is 2.19. The smallest absolute Gasteiger partial charge is 0.0699 e. The molecule has 1 aliphatic rings. The average Bonchev–Trinajstić information content (AvgIpc) is 2.81. The topological polar surface area (TPSA) is 21.3 Å². The Bertz CT molecular complexity index is 267. The van der Waals surface area contributed by atoms with Crippen LogP contribution in [0.1, 0.15) is 37.1 Å². The minimum Gasteiger partial charge on any atom is -0.377 e. The zero-order chi connectivity index (χ0) is 10.5. The molecular weight excluding hydrogens is 206 g/mol. The highest BCUT2D eigenvalue weighted by atomic mass is 32.1. The Morgan fingerprint density at radius 2 is 2.53 bits per heavy atom. The van der Waals surface area contributed by atoms with Gasteiger partial charge in [-0.1, -0.05) is 6.07 Å². The third-order valence-electron chi connectivity index (χ3n) is 2.90. The molecule has 15 heavy (non-hydrogen) atoms. The van der Waals surface area contributed by atoms with Gasteiger partial charge in [0.05, 0.1) is 6.10 Å². The lowest BCUT2D eigenvalue weighted by molar-refractivity contribution is 0.0157. The van der Waals surface area contributed by atoms with Gasteiger partial charge in [0.1, 0.15) is 0 Å². The van der Waals surface area contributed by atoms with E-state index in [9.17, 15) is 0 Å². The van der Waals surface area contributed by atoms with Crippen molar-refractivity contribution in [1.29, 1.82) is 0 Å². The predicted molar refractivity (Wildman–Crippen MR) is 64.3 cm³/mol. The van der Waals surface area contributed by atoms with Crippen LogP contribution in [-0.4, -0.2) is 19.3 Å². The lowest BCUT2D eigenvalue weighted by Crippen LogP contribution is -2.33. The summed E-state index contributed by atoms with van der Waals surface area (Å²) in [5.74, 6) is 0. The van der Waals surface area contributed by atoms with Crippen LogP contribution < -0.4 is 5.32 Å². The average molecular weight is 225 g/mol. The Balaban J connectivity index is 1.73. The van der Waals surface area contributed by atoms with Crippen LogP contribution in [0.5, 0.6) is 0 Å². The molecule has 0 spiro atoms. The number of hydrogen-bond donors (Lipinski definition) is 1. The molecule has 2 atom stereocenters. The highest BCUT2D eigenvalue weighted by molar-refractivity contribution is 7.10. The van der Waals surface area contributed by atoms with E-state index in [0.29, 0.717) is 12.1 Å². The van der Waals surface area contributed by atoms with Gasteiger partial charge in [0, 0.05) is 24.1 Å². The molecule has 0 aliphatic carbocycles. The first kappa shape index (κ1) is 11.1. The molecule has 1 aromatic heterocycles. The van der Waals surface area contributed by atoms with Crippen LogP contribution in [0, 0.1) is 0 Å². The van der Waals surface area contributed by atoms with Crippen LogP contribution in [0.4, 0.5) is 0 Å². The summed E-state index contributed by atoms with van der Waals surface area (Å²) in [7, 11) is 0. The Hall–Kier alpha value is -0.380. The molecule has 0 bridgehead atoms. The molecule has 3 heteroatoms. The van der Waals surface area contributed by atoms with Gasteiger partial charge in [-0.2, -0.15) is 0 Å². The summed E-state index contributed by atoms with van der Waals surface area (Å²) in [6.45, 7) is 4.15. The van der Waals surface area contributed by atoms with E-state index in [1.165, 1.54) is 24.1 Å². The van der Waals surface area contributed by atoms with Crippen molar-refractivity contribution in [2.45, 2.75) is 38.3 Å². The molecule has 2 heterocycles. The molecule has 1 aromatic rings. The maximum Gasteiger partial charge on any atom is 0.0699 e.